The van der Waals surface area contributed by atoms with E-state index in [0.717, 1.165) is 0 Å². The number of aliphatic carboxylic acids is 1. The predicted octanol–water partition coefficient (Wildman–Crippen LogP) is -0.674. The van der Waals surface area contributed by atoms with Crippen LogP contribution in [0.5, 0.6) is 0 Å². The molecule has 0 heterocycles. The highest BCUT2D eigenvalue weighted by Crippen LogP contribution is 1.97. The summed E-state index contributed by atoms with van der Waals surface area (Å²) in [5, 5.41) is 22.7. The number of hydrogen-bond acceptors (Lipinski definition) is 4. The Morgan fingerprint density at radius 2 is 1.88 bits per heavy atom. The third-order valence-electron chi connectivity index (χ3n) is 1.79. The smallest absolute Gasteiger partial charge is 0.334 e. The van der Waals surface area contributed by atoms with Crippen molar-refractivity contribution in [1.29, 1.82) is 0 Å². The number of rotatable bonds is 6. The second kappa shape index (κ2) is 6.44. The normalized spacial score (nSPS) is 13.2. The number of carbonyl (C=O) groups is 2. The van der Waals surface area contributed by atoms with Gasteiger partial charge in [0.1, 0.15) is 0 Å². The van der Waals surface area contributed by atoms with E-state index < -0.39 is 12.1 Å². The van der Waals surface area contributed by atoms with Gasteiger partial charge in [-0.15, -0.1) is 0 Å². The maximum absolute atomic E-state index is 11.2. The van der Waals surface area contributed by atoms with Gasteiger partial charge in [-0.2, -0.15) is 0 Å². The van der Waals surface area contributed by atoms with Crippen molar-refractivity contribution in [3.05, 3.63) is 0 Å². The van der Waals surface area contributed by atoms with Crippen LogP contribution in [0.25, 0.3) is 0 Å². The first-order valence-corrected chi connectivity index (χ1v) is 5.15. The van der Waals surface area contributed by atoms with Gasteiger partial charge in [0.05, 0.1) is 6.54 Å². The lowest BCUT2D eigenvalue weighted by Gasteiger charge is -2.20. The number of aliphatic hydroxyl groups excluding tert-OH is 1. The molecule has 6 heteroatoms. The molecular formula is C10H20N2O4. The van der Waals surface area contributed by atoms with Crippen LogP contribution in [0, 0.1) is 0 Å². The standard InChI is InChI=1S/C10H20N2O4/c1-10(2,3)12-5-4-8(14)11-6-7(13)9(15)16/h7,12-13H,4-6H2,1-3H3,(H,11,14)(H,15,16). The molecule has 0 aromatic heterocycles. The fourth-order valence-electron chi connectivity index (χ4n) is 0.937. The summed E-state index contributed by atoms with van der Waals surface area (Å²) in [7, 11) is 0. The van der Waals surface area contributed by atoms with Crippen molar-refractivity contribution in [1.82, 2.24) is 10.6 Å². The summed E-state index contributed by atoms with van der Waals surface area (Å²) in [6.07, 6.45) is -1.29. The van der Waals surface area contributed by atoms with Crippen LogP contribution in [0.3, 0.4) is 0 Å². The Balaban J connectivity index is 3.64. The second-order valence-electron chi connectivity index (χ2n) is 4.58. The minimum atomic E-state index is -1.54. The molecule has 1 atom stereocenters. The van der Waals surface area contributed by atoms with Gasteiger partial charge in [0.15, 0.2) is 6.10 Å². The average Bonchev–Trinajstić information content (AvgIpc) is 2.11. The molecule has 0 saturated heterocycles. The highest BCUT2D eigenvalue weighted by molar-refractivity contribution is 5.78. The Bertz CT molecular complexity index is 248. The topological polar surface area (TPSA) is 98.7 Å². The summed E-state index contributed by atoms with van der Waals surface area (Å²) in [5.74, 6) is -1.62. The van der Waals surface area contributed by atoms with Gasteiger partial charge in [-0.3, -0.25) is 4.79 Å². The van der Waals surface area contributed by atoms with Gasteiger partial charge in [-0.25, -0.2) is 4.79 Å². The van der Waals surface area contributed by atoms with Crippen molar-refractivity contribution in [2.45, 2.75) is 38.8 Å². The number of aliphatic hydroxyl groups is 1. The molecule has 0 rings (SSSR count). The number of nitrogens with one attached hydrogen (secondary N) is 2. The van der Waals surface area contributed by atoms with Gasteiger partial charge < -0.3 is 20.8 Å². The molecule has 0 fully saturated rings. The predicted molar refractivity (Wildman–Crippen MR) is 59.0 cm³/mol. The van der Waals surface area contributed by atoms with E-state index in [9.17, 15) is 9.59 Å². The van der Waals surface area contributed by atoms with Crippen molar-refractivity contribution in [2.75, 3.05) is 13.1 Å². The zero-order chi connectivity index (χ0) is 12.8. The molecule has 0 aliphatic heterocycles. The SMILES string of the molecule is CC(C)(C)NCCC(=O)NCC(O)C(=O)O. The molecule has 1 amide bonds. The molecular weight excluding hydrogens is 212 g/mol. The van der Waals surface area contributed by atoms with Crippen LogP contribution in [0.15, 0.2) is 0 Å². The van der Waals surface area contributed by atoms with E-state index >= 15 is 0 Å². The van der Waals surface area contributed by atoms with Crippen LogP contribution in [0.2, 0.25) is 0 Å². The third kappa shape index (κ3) is 8.19. The van der Waals surface area contributed by atoms with Crippen LogP contribution in [0.4, 0.5) is 0 Å². The molecule has 0 aliphatic rings. The summed E-state index contributed by atoms with van der Waals surface area (Å²) in [6, 6.07) is 0. The van der Waals surface area contributed by atoms with E-state index in [1.54, 1.807) is 0 Å². The van der Waals surface area contributed by atoms with Gasteiger partial charge in [0.25, 0.3) is 0 Å². The van der Waals surface area contributed by atoms with Gasteiger partial charge in [0, 0.05) is 18.5 Å². The molecule has 0 radical (unpaired) electrons. The van der Waals surface area contributed by atoms with E-state index in [0.29, 0.717) is 6.54 Å². The Morgan fingerprint density at radius 1 is 1.31 bits per heavy atom. The van der Waals surface area contributed by atoms with Crippen molar-refractivity contribution < 1.29 is 19.8 Å². The lowest BCUT2D eigenvalue weighted by molar-refractivity contribution is -0.146. The number of amides is 1. The average molecular weight is 232 g/mol. The second-order valence-corrected chi connectivity index (χ2v) is 4.58. The number of hydrogen-bond donors (Lipinski definition) is 4. The quantitative estimate of drug-likeness (QED) is 0.486. The van der Waals surface area contributed by atoms with Crippen molar-refractivity contribution in [2.24, 2.45) is 0 Å². The number of carbonyl (C=O) groups excluding carboxylic acids is 1. The molecule has 0 aliphatic carbocycles. The van der Waals surface area contributed by atoms with Gasteiger partial charge in [-0.1, -0.05) is 0 Å². The lowest BCUT2D eigenvalue weighted by atomic mass is 10.1. The van der Waals surface area contributed by atoms with Gasteiger partial charge in [0.2, 0.25) is 5.91 Å². The highest BCUT2D eigenvalue weighted by Gasteiger charge is 2.14. The van der Waals surface area contributed by atoms with E-state index in [1.165, 1.54) is 0 Å². The van der Waals surface area contributed by atoms with Crippen LogP contribution in [0.1, 0.15) is 27.2 Å². The molecule has 16 heavy (non-hydrogen) atoms. The summed E-state index contributed by atoms with van der Waals surface area (Å²) >= 11 is 0. The van der Waals surface area contributed by atoms with Crippen molar-refractivity contribution in [3.63, 3.8) is 0 Å². The first-order valence-electron chi connectivity index (χ1n) is 5.15. The molecule has 4 N–H and O–H groups in total. The summed E-state index contributed by atoms with van der Waals surface area (Å²) in [4.78, 5) is 21.4. The van der Waals surface area contributed by atoms with Crippen molar-refractivity contribution in [3.8, 4) is 0 Å². The molecule has 94 valence electrons. The molecule has 0 aromatic rings. The zero-order valence-electron chi connectivity index (χ0n) is 9.91. The van der Waals surface area contributed by atoms with E-state index in [1.807, 2.05) is 20.8 Å². The number of carboxylic acids is 1. The van der Waals surface area contributed by atoms with E-state index in [4.69, 9.17) is 10.2 Å². The van der Waals surface area contributed by atoms with Gasteiger partial charge >= 0.3 is 5.97 Å². The minimum Gasteiger partial charge on any atom is -0.479 e. The molecule has 6 nitrogen and oxygen atoms in total. The maximum atomic E-state index is 11.2. The first-order chi connectivity index (χ1) is 7.22. The maximum Gasteiger partial charge on any atom is 0.334 e. The molecule has 1 unspecified atom stereocenters. The summed E-state index contributed by atoms with van der Waals surface area (Å²) in [5.41, 5.74) is -0.0547. The minimum absolute atomic E-state index is 0.0547. The Kier molecular flexibility index (Phi) is 5.98. The van der Waals surface area contributed by atoms with Crippen LogP contribution < -0.4 is 10.6 Å². The first kappa shape index (κ1) is 14.9. The Morgan fingerprint density at radius 3 is 2.31 bits per heavy atom. The van der Waals surface area contributed by atoms with Crippen molar-refractivity contribution >= 4 is 11.9 Å². The molecule has 0 saturated carbocycles. The monoisotopic (exact) mass is 232 g/mol. The molecule has 0 bridgehead atoms. The molecule has 0 spiro atoms. The molecule has 0 aromatic carbocycles. The fraction of sp³-hybridized carbons (Fsp3) is 0.800. The highest BCUT2D eigenvalue weighted by atomic mass is 16.4. The zero-order valence-corrected chi connectivity index (χ0v) is 9.91. The fourth-order valence-corrected chi connectivity index (χ4v) is 0.937. The van der Waals surface area contributed by atoms with Crippen LogP contribution in [-0.4, -0.2) is 46.8 Å². The Labute approximate surface area is 95.0 Å². The van der Waals surface area contributed by atoms with Crippen LogP contribution >= 0.6 is 0 Å². The lowest BCUT2D eigenvalue weighted by Crippen LogP contribution is -2.40. The van der Waals surface area contributed by atoms with E-state index in [2.05, 4.69) is 10.6 Å². The largest absolute Gasteiger partial charge is 0.479 e. The van der Waals surface area contributed by atoms with Crippen LogP contribution in [-0.2, 0) is 9.59 Å². The Hall–Kier alpha value is -1.14. The summed E-state index contributed by atoms with van der Waals surface area (Å²) in [6.45, 7) is 6.21. The third-order valence-corrected chi connectivity index (χ3v) is 1.79. The van der Waals surface area contributed by atoms with E-state index in [-0.39, 0.29) is 24.4 Å². The van der Waals surface area contributed by atoms with Gasteiger partial charge in [-0.05, 0) is 20.8 Å². The number of carboxylic acid groups (broad SMARTS) is 1. The summed E-state index contributed by atoms with van der Waals surface area (Å²) < 4.78 is 0.